The second-order valence-electron chi connectivity index (χ2n) is 13.9. The zero-order valence-corrected chi connectivity index (χ0v) is 31.0. The lowest BCUT2D eigenvalue weighted by molar-refractivity contribution is -0.148. The van der Waals surface area contributed by atoms with Crippen LogP contribution in [0.15, 0.2) is 60.7 Å². The summed E-state index contributed by atoms with van der Waals surface area (Å²) in [6.07, 6.45) is 2.44. The largest absolute Gasteiger partial charge is 0.481 e. The molecule has 0 aromatic heterocycles. The fourth-order valence-electron chi connectivity index (χ4n) is 5.86. The molecule has 1 heterocycles. The SMILES string of the molecule is CC(=O)O.CC(C)C[C@@H](NC(=O)[C@@H](Cc1ccccc1)NC(=O)[C@H](N)Cc1ccccc1)C(=O)N[C@H](CCCCN)C(=O)N1CCC(N)(C(=O)O)CC1. The van der Waals surface area contributed by atoms with E-state index in [1.165, 1.54) is 4.90 Å². The van der Waals surface area contributed by atoms with Crippen molar-refractivity contribution in [2.75, 3.05) is 19.6 Å². The third-order valence-corrected chi connectivity index (χ3v) is 8.85. The Bertz CT molecular complexity index is 1480. The maximum Gasteiger partial charge on any atom is 0.323 e. The van der Waals surface area contributed by atoms with Crippen molar-refractivity contribution in [3.05, 3.63) is 71.8 Å². The minimum atomic E-state index is -1.40. The Balaban J connectivity index is 0.00000231. The third-order valence-electron chi connectivity index (χ3n) is 8.85. The molecule has 0 aliphatic carbocycles. The van der Waals surface area contributed by atoms with E-state index in [0.29, 0.717) is 25.8 Å². The molecule has 15 heteroatoms. The minimum absolute atomic E-state index is 0.000286. The fourth-order valence-corrected chi connectivity index (χ4v) is 5.86. The Morgan fingerprint density at radius 1 is 0.755 bits per heavy atom. The van der Waals surface area contributed by atoms with Gasteiger partial charge in [-0.1, -0.05) is 74.5 Å². The monoisotopic (exact) mass is 739 g/mol. The summed E-state index contributed by atoms with van der Waals surface area (Å²) in [5.41, 5.74) is 18.2. The van der Waals surface area contributed by atoms with Crippen LogP contribution in [-0.4, -0.2) is 100 Å². The molecule has 0 spiro atoms. The third kappa shape index (κ3) is 15.7. The number of unbranched alkanes of at least 4 members (excludes halogenated alkanes) is 1. The number of carbonyl (C=O) groups excluding carboxylic acids is 4. The molecule has 1 aliphatic rings. The lowest BCUT2D eigenvalue weighted by atomic mass is 9.88. The molecule has 3 rings (SSSR count). The Kier molecular flexibility index (Phi) is 18.6. The van der Waals surface area contributed by atoms with E-state index in [1.54, 1.807) is 0 Å². The normalized spacial score (nSPS) is 15.8. The average Bonchev–Trinajstić information content (AvgIpc) is 3.11. The summed E-state index contributed by atoms with van der Waals surface area (Å²) in [4.78, 5) is 76.7. The van der Waals surface area contributed by atoms with Gasteiger partial charge in [-0.25, -0.2) is 0 Å². The van der Waals surface area contributed by atoms with E-state index in [9.17, 15) is 29.1 Å². The highest BCUT2D eigenvalue weighted by Crippen LogP contribution is 2.21. The summed E-state index contributed by atoms with van der Waals surface area (Å²) < 4.78 is 0. The molecule has 53 heavy (non-hydrogen) atoms. The van der Waals surface area contributed by atoms with Crippen molar-refractivity contribution in [3.8, 4) is 0 Å². The molecule has 4 amide bonds. The van der Waals surface area contributed by atoms with E-state index in [2.05, 4.69) is 16.0 Å². The van der Waals surface area contributed by atoms with Gasteiger partial charge in [0.1, 0.15) is 23.7 Å². The zero-order chi connectivity index (χ0) is 39.6. The second-order valence-corrected chi connectivity index (χ2v) is 13.9. The van der Waals surface area contributed by atoms with E-state index < -0.39 is 59.4 Å². The van der Waals surface area contributed by atoms with Gasteiger partial charge in [-0.3, -0.25) is 28.8 Å². The standard InChI is InChI=1S/C36H53N7O6.C2H4O2/c1-24(2)21-29(32(45)40-28(15-9-10-18-37)34(47)43-19-16-36(39,17-20-43)35(48)49)42-33(46)30(23-26-13-7-4-8-14-26)41-31(44)27(38)22-25-11-5-3-6-12-25;1-2(3)4/h3-8,11-14,24,27-30H,9-10,15-23,37-39H2,1-2H3,(H,40,45)(H,41,44)(H,42,46)(H,48,49);1H3,(H,3,4)/t27-,28-,29-,30-;/m1./s1. The second kappa shape index (κ2) is 22.3. The summed E-state index contributed by atoms with van der Waals surface area (Å²) in [6, 6.07) is 14.7. The summed E-state index contributed by atoms with van der Waals surface area (Å²) in [7, 11) is 0. The Hall–Kier alpha value is -4.86. The van der Waals surface area contributed by atoms with E-state index >= 15 is 0 Å². The molecule has 1 saturated heterocycles. The van der Waals surface area contributed by atoms with Crippen LogP contribution < -0.4 is 33.2 Å². The number of carboxylic acids is 2. The number of nitrogens with two attached hydrogens (primary N) is 3. The van der Waals surface area contributed by atoms with E-state index in [0.717, 1.165) is 18.1 Å². The van der Waals surface area contributed by atoms with Crippen LogP contribution in [0.4, 0.5) is 0 Å². The molecule has 15 nitrogen and oxygen atoms in total. The Morgan fingerprint density at radius 2 is 1.23 bits per heavy atom. The summed E-state index contributed by atoms with van der Waals surface area (Å²) >= 11 is 0. The van der Waals surface area contributed by atoms with Crippen LogP contribution in [0.2, 0.25) is 0 Å². The van der Waals surface area contributed by atoms with E-state index in [1.807, 2.05) is 74.5 Å². The van der Waals surface area contributed by atoms with Gasteiger partial charge in [-0.05, 0) is 68.5 Å². The quantitative estimate of drug-likeness (QED) is 0.0997. The lowest BCUT2D eigenvalue weighted by Gasteiger charge is -2.38. The first-order chi connectivity index (χ1) is 25.1. The van der Waals surface area contributed by atoms with Crippen molar-refractivity contribution in [3.63, 3.8) is 0 Å². The number of rotatable bonds is 18. The van der Waals surface area contributed by atoms with Crippen LogP contribution in [-0.2, 0) is 41.6 Å². The molecule has 2 aromatic carbocycles. The number of piperidine rings is 1. The molecule has 1 aliphatic heterocycles. The van der Waals surface area contributed by atoms with Gasteiger partial charge < -0.3 is 48.3 Å². The summed E-state index contributed by atoms with van der Waals surface area (Å²) in [5, 5.41) is 25.4. The van der Waals surface area contributed by atoms with Gasteiger partial charge in [-0.2, -0.15) is 0 Å². The van der Waals surface area contributed by atoms with Crippen LogP contribution in [0.3, 0.4) is 0 Å². The van der Waals surface area contributed by atoms with Crippen molar-refractivity contribution in [2.45, 2.75) is 102 Å². The van der Waals surface area contributed by atoms with Gasteiger partial charge in [0, 0.05) is 26.4 Å². The summed E-state index contributed by atoms with van der Waals surface area (Å²) in [6.45, 7) is 5.62. The summed E-state index contributed by atoms with van der Waals surface area (Å²) in [5.74, 6) is -3.87. The Morgan fingerprint density at radius 3 is 1.72 bits per heavy atom. The molecule has 0 radical (unpaired) electrons. The molecule has 0 saturated carbocycles. The number of nitrogens with one attached hydrogen (secondary N) is 3. The van der Waals surface area contributed by atoms with Crippen molar-refractivity contribution < 1.29 is 39.0 Å². The molecule has 4 atom stereocenters. The molecule has 0 bridgehead atoms. The minimum Gasteiger partial charge on any atom is -0.481 e. The van der Waals surface area contributed by atoms with Crippen LogP contribution >= 0.6 is 0 Å². The fraction of sp³-hybridized carbons (Fsp3) is 0.526. The average molecular weight is 740 g/mol. The maximum atomic E-state index is 13.9. The van der Waals surface area contributed by atoms with Gasteiger partial charge >= 0.3 is 5.97 Å². The van der Waals surface area contributed by atoms with Crippen molar-refractivity contribution in [1.82, 2.24) is 20.9 Å². The number of benzene rings is 2. The number of carbonyl (C=O) groups is 6. The molecular formula is C38H57N7O8. The highest BCUT2D eigenvalue weighted by atomic mass is 16.4. The molecular weight excluding hydrogens is 682 g/mol. The van der Waals surface area contributed by atoms with Gasteiger partial charge in [0.25, 0.3) is 5.97 Å². The number of hydrogen-bond donors (Lipinski definition) is 8. The first-order valence-corrected chi connectivity index (χ1v) is 18.0. The van der Waals surface area contributed by atoms with E-state index in [4.69, 9.17) is 27.1 Å². The topological polar surface area (TPSA) is 260 Å². The van der Waals surface area contributed by atoms with Crippen LogP contribution in [0, 0.1) is 5.92 Å². The van der Waals surface area contributed by atoms with Gasteiger partial charge in [-0.15, -0.1) is 0 Å². The van der Waals surface area contributed by atoms with E-state index in [-0.39, 0.29) is 57.0 Å². The number of aliphatic carboxylic acids is 2. The number of amides is 4. The van der Waals surface area contributed by atoms with Crippen LogP contribution in [0.25, 0.3) is 0 Å². The highest BCUT2D eigenvalue weighted by Gasteiger charge is 2.40. The Labute approximate surface area is 311 Å². The number of nitrogens with zero attached hydrogens (tertiary/aromatic N) is 1. The van der Waals surface area contributed by atoms with Gasteiger partial charge in [0.05, 0.1) is 6.04 Å². The molecule has 2 aromatic rings. The van der Waals surface area contributed by atoms with Gasteiger partial charge in [0.2, 0.25) is 23.6 Å². The number of hydrogen-bond acceptors (Lipinski definition) is 9. The van der Waals surface area contributed by atoms with Crippen molar-refractivity contribution in [1.29, 1.82) is 0 Å². The predicted molar refractivity (Wildman–Crippen MR) is 200 cm³/mol. The van der Waals surface area contributed by atoms with Crippen LogP contribution in [0.5, 0.6) is 0 Å². The zero-order valence-electron chi connectivity index (χ0n) is 31.0. The first kappa shape index (κ1) is 44.3. The van der Waals surface area contributed by atoms with Crippen molar-refractivity contribution >= 4 is 35.6 Å². The smallest absolute Gasteiger partial charge is 0.323 e. The number of likely N-dealkylation sites (tertiary alicyclic amines) is 1. The predicted octanol–water partition coefficient (Wildman–Crippen LogP) is 0.924. The molecule has 0 unspecified atom stereocenters. The molecule has 292 valence electrons. The highest BCUT2D eigenvalue weighted by molar-refractivity contribution is 5.95. The number of carboxylic acid groups (broad SMARTS) is 2. The maximum absolute atomic E-state index is 13.9. The lowest BCUT2D eigenvalue weighted by Crippen LogP contribution is -2.60. The van der Waals surface area contributed by atoms with Gasteiger partial charge in [0.15, 0.2) is 0 Å². The van der Waals surface area contributed by atoms with Crippen molar-refractivity contribution in [2.24, 2.45) is 23.1 Å². The van der Waals surface area contributed by atoms with Crippen LogP contribution in [0.1, 0.15) is 70.4 Å². The molecule has 11 N–H and O–H groups in total. The molecule has 1 fully saturated rings. The first-order valence-electron chi connectivity index (χ1n) is 18.0.